The zero-order valence-corrected chi connectivity index (χ0v) is 16.8. The van der Waals surface area contributed by atoms with Crippen molar-refractivity contribution >= 4 is 22.5 Å². The molecule has 10 heteroatoms. The van der Waals surface area contributed by atoms with E-state index in [1.54, 1.807) is 13.0 Å². The van der Waals surface area contributed by atoms with E-state index >= 15 is 0 Å². The topological polar surface area (TPSA) is 98.2 Å². The number of hydrogen-bond donors (Lipinski definition) is 2. The smallest absolute Gasteiger partial charge is 0.322 e. The summed E-state index contributed by atoms with van der Waals surface area (Å²) in [6.07, 6.45) is 0. The predicted molar refractivity (Wildman–Crippen MR) is 109 cm³/mol. The maximum Gasteiger partial charge on any atom is 0.322 e. The Morgan fingerprint density at radius 3 is 2.62 bits per heavy atom. The molecule has 0 radical (unpaired) electrons. The number of nitrogens with zero attached hydrogens (tertiary/aromatic N) is 2. The van der Waals surface area contributed by atoms with Gasteiger partial charge in [-0.15, -0.1) is 0 Å². The Morgan fingerprint density at radius 2 is 1.94 bits per heavy atom. The van der Waals surface area contributed by atoms with E-state index in [2.05, 4.69) is 10.3 Å². The second-order valence-corrected chi connectivity index (χ2v) is 7.21. The van der Waals surface area contributed by atoms with E-state index in [4.69, 9.17) is 10.00 Å². The quantitative estimate of drug-likeness (QED) is 0.642. The number of halogens is 3. The molecular weight excluding hydrogens is 425 g/mol. The van der Waals surface area contributed by atoms with Gasteiger partial charge in [0.15, 0.2) is 11.6 Å². The van der Waals surface area contributed by atoms with Crippen LogP contribution < -0.4 is 10.9 Å². The van der Waals surface area contributed by atoms with Gasteiger partial charge in [0, 0.05) is 23.5 Å². The van der Waals surface area contributed by atoms with Crippen molar-refractivity contribution in [3.8, 4) is 6.07 Å². The number of urea groups is 1. The van der Waals surface area contributed by atoms with Crippen LogP contribution in [0.4, 0.5) is 23.7 Å². The van der Waals surface area contributed by atoms with Crippen LogP contribution in [0.1, 0.15) is 29.8 Å². The molecule has 2 heterocycles. The Bertz CT molecular complexity index is 1330. The van der Waals surface area contributed by atoms with Gasteiger partial charge in [-0.2, -0.15) is 5.26 Å². The number of carbonyl (C=O) groups is 1. The minimum Gasteiger partial charge on any atom is -0.373 e. The van der Waals surface area contributed by atoms with Gasteiger partial charge in [0.2, 0.25) is 0 Å². The molecule has 32 heavy (non-hydrogen) atoms. The summed E-state index contributed by atoms with van der Waals surface area (Å²) >= 11 is 0. The Hall–Kier alpha value is -3.84. The van der Waals surface area contributed by atoms with Crippen LogP contribution in [0.5, 0.6) is 0 Å². The third-order valence-electron chi connectivity index (χ3n) is 5.36. The number of benzene rings is 2. The van der Waals surface area contributed by atoms with Crippen molar-refractivity contribution in [3.05, 3.63) is 75.0 Å². The first kappa shape index (κ1) is 21.4. The average molecular weight is 442 g/mol. The molecule has 0 bridgehead atoms. The molecule has 7 nitrogen and oxygen atoms in total. The number of amides is 2. The maximum atomic E-state index is 14.0. The fourth-order valence-corrected chi connectivity index (χ4v) is 3.88. The van der Waals surface area contributed by atoms with Gasteiger partial charge in [-0.05, 0) is 42.6 Å². The van der Waals surface area contributed by atoms with Gasteiger partial charge < -0.3 is 19.9 Å². The Labute approximate surface area is 180 Å². The highest BCUT2D eigenvalue weighted by Gasteiger charge is 2.32. The zero-order chi connectivity index (χ0) is 23.0. The van der Waals surface area contributed by atoms with Crippen LogP contribution >= 0.6 is 0 Å². The fourth-order valence-electron chi connectivity index (χ4n) is 3.88. The minimum absolute atomic E-state index is 0.0387. The van der Waals surface area contributed by atoms with E-state index in [0.29, 0.717) is 11.3 Å². The summed E-state index contributed by atoms with van der Waals surface area (Å²) in [5, 5.41) is 11.8. The molecule has 2 N–H and O–H groups in total. The summed E-state index contributed by atoms with van der Waals surface area (Å²) in [6, 6.07) is 5.77. The lowest BCUT2D eigenvalue weighted by Gasteiger charge is -2.35. The van der Waals surface area contributed by atoms with Crippen molar-refractivity contribution in [2.45, 2.75) is 19.6 Å². The van der Waals surface area contributed by atoms with Crippen molar-refractivity contribution in [1.29, 1.82) is 5.26 Å². The summed E-state index contributed by atoms with van der Waals surface area (Å²) in [6.45, 7) is 2.02. The molecule has 1 aliphatic heterocycles. The highest BCUT2D eigenvalue weighted by Crippen LogP contribution is 2.34. The summed E-state index contributed by atoms with van der Waals surface area (Å²) < 4.78 is 46.9. The third kappa shape index (κ3) is 3.67. The number of aromatic nitrogens is 1. The molecule has 3 aromatic rings. The molecule has 0 aliphatic carbocycles. The van der Waals surface area contributed by atoms with E-state index in [1.807, 2.05) is 0 Å². The lowest BCUT2D eigenvalue weighted by atomic mass is 9.95. The Balaban J connectivity index is 1.76. The molecule has 0 fully saturated rings. The van der Waals surface area contributed by atoms with Crippen LogP contribution in [0.25, 0.3) is 10.8 Å². The summed E-state index contributed by atoms with van der Waals surface area (Å²) in [7, 11) is 0. The van der Waals surface area contributed by atoms with Gasteiger partial charge in [0.1, 0.15) is 11.9 Å². The maximum absolute atomic E-state index is 14.0. The number of H-pyrrole nitrogens is 1. The number of fused-ring (bicyclic) bond motifs is 3. The van der Waals surface area contributed by atoms with Crippen LogP contribution in [0.3, 0.4) is 0 Å². The first-order valence-electron chi connectivity index (χ1n) is 9.72. The van der Waals surface area contributed by atoms with Gasteiger partial charge in [-0.25, -0.2) is 18.0 Å². The largest absolute Gasteiger partial charge is 0.373 e. The first-order valence-corrected chi connectivity index (χ1v) is 9.72. The van der Waals surface area contributed by atoms with E-state index in [9.17, 15) is 22.8 Å². The SMILES string of the molecule is CCN(C(=O)Nc1ccc(F)c(C#N)c1)[C@H]1COCc2[nH]c(=O)c3cc(F)c(F)cc3c21. The van der Waals surface area contributed by atoms with Gasteiger partial charge in [-0.1, -0.05) is 0 Å². The lowest BCUT2D eigenvalue weighted by molar-refractivity contribution is 0.0471. The molecule has 0 spiro atoms. The standard InChI is InChI=1S/C22H17F3N4O3/c1-2-29(22(31)27-12-3-4-15(23)11(5-12)8-26)19-10-32-9-18-20(19)13-6-16(24)17(25)7-14(13)21(30)28-18/h3-7,19H,2,9-10H2,1H3,(H,27,31)(H,28,30)/t19-/m0/s1. The number of likely N-dealkylation sites (N-methyl/N-ethyl adjacent to an activating group) is 1. The van der Waals surface area contributed by atoms with Crippen molar-refractivity contribution in [2.24, 2.45) is 0 Å². The summed E-state index contributed by atoms with van der Waals surface area (Å²) in [5.41, 5.74) is 0.217. The van der Waals surface area contributed by atoms with Gasteiger partial charge in [-0.3, -0.25) is 4.79 Å². The number of nitriles is 1. The van der Waals surface area contributed by atoms with E-state index in [-0.39, 0.29) is 41.8 Å². The lowest BCUT2D eigenvalue weighted by Crippen LogP contribution is -2.42. The number of nitrogens with one attached hydrogen (secondary N) is 2. The zero-order valence-electron chi connectivity index (χ0n) is 16.8. The molecule has 0 saturated heterocycles. The molecule has 164 valence electrons. The van der Waals surface area contributed by atoms with Crippen LogP contribution in [-0.2, 0) is 11.3 Å². The number of pyridine rings is 1. The predicted octanol–water partition coefficient (Wildman–Crippen LogP) is 3.94. The normalized spacial score (nSPS) is 15.2. The Kier molecular flexibility index (Phi) is 5.59. The van der Waals surface area contributed by atoms with Crippen LogP contribution in [-0.4, -0.2) is 29.1 Å². The second-order valence-electron chi connectivity index (χ2n) is 7.21. The highest BCUT2D eigenvalue weighted by atomic mass is 19.2. The Morgan fingerprint density at radius 1 is 1.22 bits per heavy atom. The number of hydrogen-bond acceptors (Lipinski definition) is 4. The van der Waals surface area contributed by atoms with Gasteiger partial charge >= 0.3 is 6.03 Å². The number of ether oxygens (including phenoxy) is 1. The summed E-state index contributed by atoms with van der Waals surface area (Å²) in [5.74, 6) is -2.98. The van der Waals surface area contributed by atoms with Crippen molar-refractivity contribution in [3.63, 3.8) is 0 Å². The molecule has 1 aliphatic rings. The average Bonchev–Trinajstić information content (AvgIpc) is 2.77. The fraction of sp³-hybridized carbons (Fsp3) is 0.227. The molecule has 2 aromatic carbocycles. The summed E-state index contributed by atoms with van der Waals surface area (Å²) in [4.78, 5) is 29.4. The minimum atomic E-state index is -1.15. The van der Waals surface area contributed by atoms with E-state index in [0.717, 1.165) is 18.2 Å². The monoisotopic (exact) mass is 442 g/mol. The van der Waals surface area contributed by atoms with Crippen molar-refractivity contribution in [2.75, 3.05) is 18.5 Å². The molecule has 4 rings (SSSR count). The van der Waals surface area contributed by atoms with Crippen LogP contribution in [0.2, 0.25) is 0 Å². The molecule has 1 aromatic heterocycles. The van der Waals surface area contributed by atoms with Crippen LogP contribution in [0.15, 0.2) is 35.1 Å². The van der Waals surface area contributed by atoms with Crippen LogP contribution in [0, 0.1) is 28.8 Å². The van der Waals surface area contributed by atoms with E-state index < -0.39 is 35.1 Å². The van der Waals surface area contributed by atoms with Gasteiger partial charge in [0.05, 0.1) is 30.2 Å². The van der Waals surface area contributed by atoms with Gasteiger partial charge in [0.25, 0.3) is 5.56 Å². The first-order chi connectivity index (χ1) is 15.3. The highest BCUT2D eigenvalue weighted by molar-refractivity contribution is 5.91. The third-order valence-corrected chi connectivity index (χ3v) is 5.36. The number of rotatable bonds is 3. The molecule has 2 amide bonds. The second kappa shape index (κ2) is 8.36. The molecule has 0 unspecified atom stereocenters. The van der Waals surface area contributed by atoms with Crippen molar-refractivity contribution in [1.82, 2.24) is 9.88 Å². The number of carbonyl (C=O) groups excluding carboxylic acids is 1. The van der Waals surface area contributed by atoms with E-state index in [1.165, 1.54) is 17.0 Å². The molecule has 0 saturated carbocycles. The van der Waals surface area contributed by atoms with Crippen molar-refractivity contribution < 1.29 is 22.7 Å². The molecule has 1 atom stereocenters. The molecular formula is C22H17F3N4O3. The number of aromatic amines is 1. The number of anilines is 1.